The quantitative estimate of drug-likeness (QED) is 0.741. The van der Waals surface area contributed by atoms with Gasteiger partial charge in [-0.15, -0.1) is 0 Å². The van der Waals surface area contributed by atoms with Gasteiger partial charge < -0.3 is 19.5 Å². The molecule has 1 aliphatic rings. The molecular formula is C16H23NO3. The van der Waals surface area contributed by atoms with Crippen molar-refractivity contribution in [1.82, 2.24) is 5.32 Å². The molecule has 4 nitrogen and oxygen atoms in total. The van der Waals surface area contributed by atoms with E-state index in [2.05, 4.69) is 11.9 Å². The van der Waals surface area contributed by atoms with Crippen LogP contribution in [0.4, 0.5) is 0 Å². The Morgan fingerprint density at radius 3 is 3.10 bits per heavy atom. The summed E-state index contributed by atoms with van der Waals surface area (Å²) in [5.41, 5.74) is 1.09. The van der Waals surface area contributed by atoms with E-state index in [0.717, 1.165) is 43.2 Å². The van der Waals surface area contributed by atoms with Crippen LogP contribution in [0.5, 0.6) is 11.5 Å². The standard InChI is InChI=1S/C16H23NO3/c1-3-9-20-16-13(6-4-8-15(16)18-2)11-17-12-14-7-5-10-19-14/h3-4,6,8,14,17H,1,5,7,9-12H2,2H3. The lowest BCUT2D eigenvalue weighted by molar-refractivity contribution is 0.110. The van der Waals surface area contributed by atoms with E-state index in [1.54, 1.807) is 13.2 Å². The van der Waals surface area contributed by atoms with Crippen LogP contribution < -0.4 is 14.8 Å². The Morgan fingerprint density at radius 1 is 1.50 bits per heavy atom. The summed E-state index contributed by atoms with van der Waals surface area (Å²) in [5, 5.41) is 3.43. The third-order valence-corrected chi connectivity index (χ3v) is 3.34. The summed E-state index contributed by atoms with van der Waals surface area (Å²) in [6.07, 6.45) is 4.39. The molecule has 0 aromatic heterocycles. The van der Waals surface area contributed by atoms with E-state index in [0.29, 0.717) is 12.7 Å². The van der Waals surface area contributed by atoms with Gasteiger partial charge in [0.2, 0.25) is 0 Å². The van der Waals surface area contributed by atoms with E-state index in [1.807, 2.05) is 18.2 Å². The monoisotopic (exact) mass is 277 g/mol. The maximum absolute atomic E-state index is 5.72. The van der Waals surface area contributed by atoms with E-state index in [-0.39, 0.29) is 0 Å². The molecule has 4 heteroatoms. The van der Waals surface area contributed by atoms with Crippen LogP contribution in [0, 0.1) is 0 Å². The Morgan fingerprint density at radius 2 is 2.40 bits per heavy atom. The number of para-hydroxylation sites is 1. The smallest absolute Gasteiger partial charge is 0.166 e. The maximum Gasteiger partial charge on any atom is 0.166 e. The van der Waals surface area contributed by atoms with Crippen LogP contribution in [0.15, 0.2) is 30.9 Å². The highest BCUT2D eigenvalue weighted by molar-refractivity contribution is 5.46. The van der Waals surface area contributed by atoms with Gasteiger partial charge in [0.1, 0.15) is 6.61 Å². The minimum Gasteiger partial charge on any atom is -0.493 e. The molecule has 1 aromatic carbocycles. The fourth-order valence-corrected chi connectivity index (χ4v) is 2.34. The number of hydrogen-bond donors (Lipinski definition) is 1. The van der Waals surface area contributed by atoms with Gasteiger partial charge in [-0.25, -0.2) is 0 Å². The van der Waals surface area contributed by atoms with Crippen molar-refractivity contribution in [3.63, 3.8) is 0 Å². The van der Waals surface area contributed by atoms with Crippen molar-refractivity contribution < 1.29 is 14.2 Å². The van der Waals surface area contributed by atoms with Crippen LogP contribution in [-0.2, 0) is 11.3 Å². The molecule has 0 bridgehead atoms. The van der Waals surface area contributed by atoms with Crippen LogP contribution in [0.3, 0.4) is 0 Å². The lowest BCUT2D eigenvalue weighted by Crippen LogP contribution is -2.26. The molecule has 1 saturated heterocycles. The first-order valence-electron chi connectivity index (χ1n) is 7.07. The fourth-order valence-electron chi connectivity index (χ4n) is 2.34. The lowest BCUT2D eigenvalue weighted by atomic mass is 10.1. The zero-order chi connectivity index (χ0) is 14.2. The molecule has 1 N–H and O–H groups in total. The lowest BCUT2D eigenvalue weighted by Gasteiger charge is -2.16. The molecule has 0 radical (unpaired) electrons. The summed E-state index contributed by atoms with van der Waals surface area (Å²) in [4.78, 5) is 0. The first-order valence-corrected chi connectivity index (χ1v) is 7.07. The van der Waals surface area contributed by atoms with Crippen LogP contribution in [0.1, 0.15) is 18.4 Å². The number of rotatable bonds is 8. The predicted octanol–water partition coefficient (Wildman–Crippen LogP) is 2.53. The molecule has 1 atom stereocenters. The van der Waals surface area contributed by atoms with Crippen molar-refractivity contribution in [3.05, 3.63) is 36.4 Å². The summed E-state index contributed by atoms with van der Waals surface area (Å²) in [5.74, 6) is 1.54. The molecule has 1 unspecified atom stereocenters. The number of hydrogen-bond acceptors (Lipinski definition) is 4. The van der Waals surface area contributed by atoms with Crippen molar-refractivity contribution in [2.24, 2.45) is 0 Å². The van der Waals surface area contributed by atoms with Gasteiger partial charge in [0.05, 0.1) is 13.2 Å². The molecule has 0 spiro atoms. The molecule has 2 rings (SSSR count). The second-order valence-electron chi connectivity index (χ2n) is 4.81. The minimum absolute atomic E-state index is 0.346. The van der Waals surface area contributed by atoms with Gasteiger partial charge >= 0.3 is 0 Å². The van der Waals surface area contributed by atoms with E-state index in [4.69, 9.17) is 14.2 Å². The number of nitrogens with one attached hydrogen (secondary N) is 1. The SMILES string of the molecule is C=CCOc1c(CNCC2CCCO2)cccc1OC. The number of ether oxygens (including phenoxy) is 3. The molecule has 0 saturated carbocycles. The van der Waals surface area contributed by atoms with Crippen molar-refractivity contribution in [2.75, 3.05) is 26.9 Å². The average Bonchev–Trinajstić information content (AvgIpc) is 2.98. The molecule has 0 amide bonds. The number of methoxy groups -OCH3 is 1. The zero-order valence-electron chi connectivity index (χ0n) is 12.1. The Bertz CT molecular complexity index is 428. The van der Waals surface area contributed by atoms with Crippen LogP contribution >= 0.6 is 0 Å². The van der Waals surface area contributed by atoms with E-state index in [9.17, 15) is 0 Å². The third-order valence-electron chi connectivity index (χ3n) is 3.34. The molecule has 1 aliphatic heterocycles. The molecule has 20 heavy (non-hydrogen) atoms. The highest BCUT2D eigenvalue weighted by atomic mass is 16.5. The molecule has 1 fully saturated rings. The fraction of sp³-hybridized carbons (Fsp3) is 0.500. The Hall–Kier alpha value is -1.52. The summed E-state index contributed by atoms with van der Waals surface area (Å²) >= 11 is 0. The van der Waals surface area contributed by atoms with E-state index >= 15 is 0 Å². The van der Waals surface area contributed by atoms with Crippen molar-refractivity contribution in [1.29, 1.82) is 0 Å². The third kappa shape index (κ3) is 3.99. The van der Waals surface area contributed by atoms with Crippen molar-refractivity contribution >= 4 is 0 Å². The zero-order valence-corrected chi connectivity index (χ0v) is 12.1. The average molecular weight is 277 g/mol. The summed E-state index contributed by atoms with van der Waals surface area (Å²) in [6.45, 7) is 6.65. The summed E-state index contributed by atoms with van der Waals surface area (Å²) < 4.78 is 16.7. The number of benzene rings is 1. The minimum atomic E-state index is 0.346. The Labute approximate surface area is 120 Å². The molecule has 1 aromatic rings. The Balaban J connectivity index is 1.95. The Kier molecular flexibility index (Phi) is 5.89. The van der Waals surface area contributed by atoms with E-state index in [1.165, 1.54) is 6.42 Å². The second-order valence-corrected chi connectivity index (χ2v) is 4.81. The molecular weight excluding hydrogens is 254 g/mol. The van der Waals surface area contributed by atoms with Crippen molar-refractivity contribution in [3.8, 4) is 11.5 Å². The normalized spacial score (nSPS) is 17.9. The topological polar surface area (TPSA) is 39.7 Å². The van der Waals surface area contributed by atoms with Crippen molar-refractivity contribution in [2.45, 2.75) is 25.5 Å². The molecule has 0 aliphatic carbocycles. The maximum atomic E-state index is 5.72. The van der Waals surface area contributed by atoms with Gasteiger partial charge in [0.15, 0.2) is 11.5 Å². The highest BCUT2D eigenvalue weighted by Crippen LogP contribution is 2.31. The first-order chi connectivity index (χ1) is 9.85. The van der Waals surface area contributed by atoms with Gasteiger partial charge in [-0.3, -0.25) is 0 Å². The second kappa shape index (κ2) is 7.92. The van der Waals surface area contributed by atoms with Crippen LogP contribution in [0.25, 0.3) is 0 Å². The summed E-state index contributed by atoms with van der Waals surface area (Å²) in [6, 6.07) is 5.92. The summed E-state index contributed by atoms with van der Waals surface area (Å²) in [7, 11) is 1.65. The van der Waals surface area contributed by atoms with Gasteiger partial charge in [0, 0.05) is 25.3 Å². The van der Waals surface area contributed by atoms with Gasteiger partial charge in [0.25, 0.3) is 0 Å². The molecule has 110 valence electrons. The molecule has 1 heterocycles. The highest BCUT2D eigenvalue weighted by Gasteiger charge is 2.15. The van der Waals surface area contributed by atoms with Crippen LogP contribution in [-0.4, -0.2) is 33.0 Å². The first kappa shape index (κ1) is 14.9. The van der Waals surface area contributed by atoms with Gasteiger partial charge in [-0.2, -0.15) is 0 Å². The van der Waals surface area contributed by atoms with Gasteiger partial charge in [-0.05, 0) is 18.9 Å². The van der Waals surface area contributed by atoms with Crippen LogP contribution in [0.2, 0.25) is 0 Å². The van der Waals surface area contributed by atoms with E-state index < -0.39 is 0 Å². The van der Waals surface area contributed by atoms with Gasteiger partial charge in [-0.1, -0.05) is 24.8 Å². The predicted molar refractivity (Wildman–Crippen MR) is 79.4 cm³/mol. The largest absolute Gasteiger partial charge is 0.493 e.